The summed E-state index contributed by atoms with van der Waals surface area (Å²) in [4.78, 5) is 19.6. The first-order chi connectivity index (χ1) is 14.1. The number of benzene rings is 1. The zero-order valence-electron chi connectivity index (χ0n) is 16.4. The summed E-state index contributed by atoms with van der Waals surface area (Å²) in [6.07, 6.45) is 9.75. The van der Waals surface area contributed by atoms with Crippen molar-refractivity contribution in [3.8, 4) is 10.6 Å². The Labute approximate surface area is 174 Å². The molecule has 150 valence electrons. The fraction of sp³-hybridized carbons (Fsp3) is 0.304. The fourth-order valence-corrected chi connectivity index (χ4v) is 4.63. The third kappa shape index (κ3) is 4.48. The number of carbonyl (C=O) groups is 1. The fourth-order valence-electron chi connectivity index (χ4n) is 3.84. The Balaban J connectivity index is 1.50. The molecule has 1 saturated heterocycles. The van der Waals surface area contributed by atoms with E-state index < -0.39 is 0 Å². The van der Waals surface area contributed by atoms with Gasteiger partial charge in [-0.25, -0.2) is 9.37 Å². The second kappa shape index (κ2) is 8.74. The number of aryl methyl sites for hydroxylation is 1. The SMILES string of the molecule is Cn1cccc1[C@H]1CCCCCN1C(=O)/C=C/c1csc(-c2ccc(F)cc2)n1. The van der Waals surface area contributed by atoms with E-state index in [0.29, 0.717) is 0 Å². The van der Waals surface area contributed by atoms with Gasteiger partial charge in [-0.15, -0.1) is 11.3 Å². The molecule has 2 aromatic heterocycles. The number of nitrogens with zero attached hydrogens (tertiary/aromatic N) is 3. The highest BCUT2D eigenvalue weighted by molar-refractivity contribution is 7.13. The maximum Gasteiger partial charge on any atom is 0.247 e. The Morgan fingerprint density at radius 2 is 2.03 bits per heavy atom. The normalized spacial score (nSPS) is 17.6. The topological polar surface area (TPSA) is 38.1 Å². The first-order valence-corrected chi connectivity index (χ1v) is 10.8. The van der Waals surface area contributed by atoms with E-state index in [-0.39, 0.29) is 17.8 Å². The molecular weight excluding hydrogens is 385 g/mol. The molecule has 1 aromatic carbocycles. The Kier molecular flexibility index (Phi) is 5.90. The molecule has 0 aliphatic carbocycles. The molecule has 0 radical (unpaired) electrons. The first kappa shape index (κ1) is 19.6. The van der Waals surface area contributed by atoms with Crippen molar-refractivity contribution in [3.63, 3.8) is 0 Å². The zero-order valence-corrected chi connectivity index (χ0v) is 17.2. The molecule has 6 heteroatoms. The van der Waals surface area contributed by atoms with Gasteiger partial charge in [-0.3, -0.25) is 4.79 Å². The Morgan fingerprint density at radius 1 is 1.21 bits per heavy atom. The van der Waals surface area contributed by atoms with Gasteiger partial charge in [-0.05, 0) is 55.3 Å². The highest BCUT2D eigenvalue weighted by Crippen LogP contribution is 2.31. The third-order valence-electron chi connectivity index (χ3n) is 5.37. The summed E-state index contributed by atoms with van der Waals surface area (Å²) < 4.78 is 15.2. The van der Waals surface area contributed by atoms with Crippen LogP contribution in [0.4, 0.5) is 4.39 Å². The lowest BCUT2D eigenvalue weighted by Gasteiger charge is -2.29. The molecule has 29 heavy (non-hydrogen) atoms. The second-order valence-corrected chi connectivity index (χ2v) is 8.22. The van der Waals surface area contributed by atoms with E-state index in [1.54, 1.807) is 24.3 Å². The van der Waals surface area contributed by atoms with Crippen LogP contribution in [0.5, 0.6) is 0 Å². The van der Waals surface area contributed by atoms with Gasteiger partial charge in [0.2, 0.25) is 5.91 Å². The molecule has 1 fully saturated rings. The van der Waals surface area contributed by atoms with Crippen molar-refractivity contribution in [2.75, 3.05) is 6.54 Å². The van der Waals surface area contributed by atoms with E-state index in [2.05, 4.69) is 15.6 Å². The Morgan fingerprint density at radius 3 is 2.79 bits per heavy atom. The average Bonchev–Trinajstić information content (AvgIpc) is 3.29. The van der Waals surface area contributed by atoms with Crippen LogP contribution in [-0.2, 0) is 11.8 Å². The van der Waals surface area contributed by atoms with E-state index in [1.165, 1.54) is 29.2 Å². The smallest absolute Gasteiger partial charge is 0.247 e. The largest absolute Gasteiger partial charge is 0.353 e. The highest BCUT2D eigenvalue weighted by atomic mass is 32.1. The van der Waals surface area contributed by atoms with Gasteiger partial charge in [0.25, 0.3) is 0 Å². The molecule has 0 saturated carbocycles. The maximum absolute atomic E-state index is 13.1. The molecule has 3 heterocycles. The number of hydrogen-bond donors (Lipinski definition) is 0. The van der Waals surface area contributed by atoms with Crippen LogP contribution in [0.3, 0.4) is 0 Å². The van der Waals surface area contributed by atoms with Gasteiger partial charge in [0.05, 0.1) is 11.7 Å². The summed E-state index contributed by atoms with van der Waals surface area (Å²) in [5, 5.41) is 2.73. The van der Waals surface area contributed by atoms with E-state index in [0.717, 1.165) is 48.5 Å². The van der Waals surface area contributed by atoms with Gasteiger partial charge in [0, 0.05) is 42.5 Å². The van der Waals surface area contributed by atoms with Crippen LogP contribution < -0.4 is 0 Å². The molecule has 0 bridgehead atoms. The van der Waals surface area contributed by atoms with Gasteiger partial charge in [-0.2, -0.15) is 0 Å². The van der Waals surface area contributed by atoms with Gasteiger partial charge in [-0.1, -0.05) is 12.8 Å². The van der Waals surface area contributed by atoms with E-state index in [1.807, 2.05) is 29.6 Å². The van der Waals surface area contributed by atoms with E-state index >= 15 is 0 Å². The van der Waals surface area contributed by atoms with Crippen LogP contribution >= 0.6 is 11.3 Å². The Hall–Kier alpha value is -2.73. The molecule has 0 unspecified atom stereocenters. The molecule has 3 aromatic rings. The number of likely N-dealkylation sites (tertiary alicyclic amines) is 1. The lowest BCUT2D eigenvalue weighted by molar-refractivity contribution is -0.128. The lowest BCUT2D eigenvalue weighted by Crippen LogP contribution is -2.34. The summed E-state index contributed by atoms with van der Waals surface area (Å²) in [6.45, 7) is 0.775. The summed E-state index contributed by atoms with van der Waals surface area (Å²) >= 11 is 1.49. The highest BCUT2D eigenvalue weighted by Gasteiger charge is 2.27. The van der Waals surface area contributed by atoms with Crippen molar-refractivity contribution < 1.29 is 9.18 Å². The summed E-state index contributed by atoms with van der Waals surface area (Å²) in [6, 6.07) is 10.5. The third-order valence-corrected chi connectivity index (χ3v) is 6.28. The number of halogens is 1. The first-order valence-electron chi connectivity index (χ1n) is 9.93. The summed E-state index contributed by atoms with van der Waals surface area (Å²) in [5.74, 6) is -0.240. The zero-order chi connectivity index (χ0) is 20.2. The van der Waals surface area contributed by atoms with Gasteiger partial charge >= 0.3 is 0 Å². The van der Waals surface area contributed by atoms with Crippen molar-refractivity contribution in [1.82, 2.24) is 14.5 Å². The lowest BCUT2D eigenvalue weighted by atomic mass is 10.1. The number of amides is 1. The summed E-state index contributed by atoms with van der Waals surface area (Å²) in [5.41, 5.74) is 2.80. The van der Waals surface area contributed by atoms with Crippen LogP contribution in [0.1, 0.15) is 43.1 Å². The van der Waals surface area contributed by atoms with Gasteiger partial charge < -0.3 is 9.47 Å². The van der Waals surface area contributed by atoms with Gasteiger partial charge in [0.1, 0.15) is 10.8 Å². The van der Waals surface area contributed by atoms with Crippen LogP contribution in [0, 0.1) is 5.82 Å². The maximum atomic E-state index is 13.1. The number of aromatic nitrogens is 2. The predicted octanol–water partition coefficient (Wildman–Crippen LogP) is 5.44. The molecule has 0 spiro atoms. The minimum Gasteiger partial charge on any atom is -0.353 e. The standard InChI is InChI=1S/C23H24FN3OS/c1-26-14-5-7-20(26)21-6-3-2-4-15-27(21)22(28)13-12-19-16-29-23(25-19)17-8-10-18(24)11-9-17/h5,7-14,16,21H,2-4,6,15H2,1H3/b13-12+/t21-/m1/s1. The molecule has 4 nitrogen and oxygen atoms in total. The molecule has 4 rings (SSSR count). The van der Waals surface area contributed by atoms with Crippen LogP contribution in [-0.4, -0.2) is 26.9 Å². The Bertz CT molecular complexity index is 1010. The number of carbonyl (C=O) groups excluding carboxylic acids is 1. The van der Waals surface area contributed by atoms with Crippen molar-refractivity contribution in [1.29, 1.82) is 0 Å². The number of thiazole rings is 1. The van der Waals surface area contributed by atoms with Crippen molar-refractivity contribution >= 4 is 23.3 Å². The minimum atomic E-state index is -0.263. The monoisotopic (exact) mass is 409 g/mol. The predicted molar refractivity (Wildman–Crippen MR) is 115 cm³/mol. The van der Waals surface area contributed by atoms with Crippen molar-refractivity contribution in [2.45, 2.75) is 31.7 Å². The van der Waals surface area contributed by atoms with E-state index in [4.69, 9.17) is 0 Å². The molecule has 1 aliphatic rings. The van der Waals surface area contributed by atoms with Crippen LogP contribution in [0.25, 0.3) is 16.6 Å². The summed E-state index contributed by atoms with van der Waals surface area (Å²) in [7, 11) is 2.03. The van der Waals surface area contributed by atoms with Gasteiger partial charge in [0.15, 0.2) is 0 Å². The number of rotatable bonds is 4. The minimum absolute atomic E-state index is 0.0226. The van der Waals surface area contributed by atoms with Crippen LogP contribution in [0.2, 0.25) is 0 Å². The molecule has 1 aliphatic heterocycles. The van der Waals surface area contributed by atoms with Crippen LogP contribution in [0.15, 0.2) is 54.1 Å². The number of hydrogen-bond acceptors (Lipinski definition) is 3. The van der Waals surface area contributed by atoms with E-state index in [9.17, 15) is 9.18 Å². The molecule has 1 amide bonds. The average molecular weight is 410 g/mol. The molecule has 1 atom stereocenters. The molecular formula is C23H24FN3OS. The quantitative estimate of drug-likeness (QED) is 0.538. The van der Waals surface area contributed by atoms with Crippen molar-refractivity contribution in [2.24, 2.45) is 7.05 Å². The van der Waals surface area contributed by atoms with Crippen molar-refractivity contribution in [3.05, 3.63) is 71.3 Å². The molecule has 0 N–H and O–H groups in total. The second-order valence-electron chi connectivity index (χ2n) is 7.36.